The average molecular weight is 341 g/mol. The van der Waals surface area contributed by atoms with Crippen molar-refractivity contribution >= 4 is 11.6 Å². The molecule has 0 radical (unpaired) electrons. The van der Waals surface area contributed by atoms with E-state index in [2.05, 4.69) is 5.32 Å². The summed E-state index contributed by atoms with van der Waals surface area (Å²) in [6.45, 7) is 1.83. The molecule has 0 bridgehead atoms. The summed E-state index contributed by atoms with van der Waals surface area (Å²) in [4.78, 5) is 1.75. The number of aliphatic hydroxyl groups excluding tert-OH is 1. The van der Waals surface area contributed by atoms with Crippen molar-refractivity contribution in [2.24, 2.45) is 0 Å². The van der Waals surface area contributed by atoms with Gasteiger partial charge in [0.15, 0.2) is 0 Å². The fourth-order valence-corrected chi connectivity index (χ4v) is 2.93. The van der Waals surface area contributed by atoms with Gasteiger partial charge in [-0.1, -0.05) is 11.6 Å². The molecule has 0 aliphatic carbocycles. The molecule has 1 atom stereocenters. The Hall–Kier alpha value is -0.890. The summed E-state index contributed by atoms with van der Waals surface area (Å²) in [7, 11) is 0. The molecule has 3 nitrogen and oxygen atoms in total. The molecule has 2 rings (SSSR count). The maximum Gasteiger partial charge on any atom is 0.416 e. The van der Waals surface area contributed by atoms with Crippen LogP contribution in [0.5, 0.6) is 0 Å². The molecule has 8 heteroatoms. The summed E-state index contributed by atoms with van der Waals surface area (Å²) in [5.74, 6) is -1.06. The molecule has 1 aliphatic heterocycles. The summed E-state index contributed by atoms with van der Waals surface area (Å²) in [5, 5.41) is 11.9. The summed E-state index contributed by atoms with van der Waals surface area (Å²) in [6.07, 6.45) is -4.66. The van der Waals surface area contributed by atoms with E-state index < -0.39 is 29.2 Å². The lowest BCUT2D eigenvalue weighted by molar-refractivity contribution is -0.139. The van der Waals surface area contributed by atoms with Gasteiger partial charge in [0.25, 0.3) is 0 Å². The van der Waals surface area contributed by atoms with Crippen molar-refractivity contribution in [3.05, 3.63) is 34.1 Å². The van der Waals surface area contributed by atoms with E-state index in [1.807, 2.05) is 0 Å². The molecule has 1 saturated heterocycles. The number of hydrogen-bond acceptors (Lipinski definition) is 3. The number of rotatable bonds is 4. The van der Waals surface area contributed by atoms with Gasteiger partial charge >= 0.3 is 6.18 Å². The van der Waals surface area contributed by atoms with Crippen molar-refractivity contribution in [1.82, 2.24) is 10.2 Å². The van der Waals surface area contributed by atoms with Gasteiger partial charge in [0.1, 0.15) is 5.82 Å². The molecule has 0 unspecified atom stereocenters. The van der Waals surface area contributed by atoms with E-state index in [-0.39, 0.29) is 18.1 Å². The molecular formula is C14H17ClF4N2O. The minimum absolute atomic E-state index is 0.0142. The lowest BCUT2D eigenvalue weighted by Crippen LogP contribution is -2.46. The molecule has 22 heavy (non-hydrogen) atoms. The smallest absolute Gasteiger partial charge is 0.396 e. The number of nitrogens with one attached hydrogen (secondary N) is 1. The highest BCUT2D eigenvalue weighted by Gasteiger charge is 2.39. The number of halogens is 5. The van der Waals surface area contributed by atoms with Crippen LogP contribution in [-0.2, 0) is 6.18 Å². The molecule has 124 valence electrons. The van der Waals surface area contributed by atoms with Crippen LogP contribution in [0.1, 0.15) is 23.6 Å². The highest BCUT2D eigenvalue weighted by molar-refractivity contribution is 6.30. The van der Waals surface area contributed by atoms with Crippen molar-refractivity contribution in [1.29, 1.82) is 0 Å². The number of aliphatic hydroxyl groups is 1. The quantitative estimate of drug-likeness (QED) is 0.827. The van der Waals surface area contributed by atoms with Crippen molar-refractivity contribution in [2.45, 2.75) is 18.6 Å². The normalized spacial score (nSPS) is 18.5. The van der Waals surface area contributed by atoms with Crippen LogP contribution in [-0.4, -0.2) is 42.8 Å². The molecule has 0 aromatic heterocycles. The van der Waals surface area contributed by atoms with Crippen LogP contribution >= 0.6 is 11.6 Å². The first-order valence-electron chi connectivity index (χ1n) is 6.97. The number of alkyl halides is 3. The lowest BCUT2D eigenvalue weighted by Gasteiger charge is -2.36. The van der Waals surface area contributed by atoms with E-state index in [9.17, 15) is 22.7 Å². The zero-order valence-corrected chi connectivity index (χ0v) is 12.5. The zero-order valence-electron chi connectivity index (χ0n) is 11.8. The third-order valence-corrected chi connectivity index (χ3v) is 4.06. The molecule has 1 fully saturated rings. The van der Waals surface area contributed by atoms with Crippen molar-refractivity contribution in [3.63, 3.8) is 0 Å². The highest BCUT2D eigenvalue weighted by atomic mass is 35.5. The Bertz CT molecular complexity index is 518. The summed E-state index contributed by atoms with van der Waals surface area (Å²) in [5.41, 5.74) is -1.51. The van der Waals surface area contributed by atoms with Crippen LogP contribution in [0.3, 0.4) is 0 Å². The van der Waals surface area contributed by atoms with E-state index in [0.29, 0.717) is 26.2 Å². The third kappa shape index (κ3) is 3.71. The Kier molecular flexibility index (Phi) is 5.65. The van der Waals surface area contributed by atoms with E-state index in [0.717, 1.165) is 12.1 Å². The monoisotopic (exact) mass is 340 g/mol. The fraction of sp³-hybridized carbons (Fsp3) is 0.571. The van der Waals surface area contributed by atoms with E-state index in [1.165, 1.54) is 0 Å². The van der Waals surface area contributed by atoms with E-state index in [4.69, 9.17) is 11.6 Å². The van der Waals surface area contributed by atoms with Gasteiger partial charge in [-0.15, -0.1) is 0 Å². The van der Waals surface area contributed by atoms with Gasteiger partial charge in [-0.05, 0) is 18.6 Å². The molecule has 0 amide bonds. The number of benzene rings is 1. The predicted molar refractivity (Wildman–Crippen MR) is 75.3 cm³/mol. The lowest BCUT2D eigenvalue weighted by atomic mass is 9.95. The van der Waals surface area contributed by atoms with Crippen molar-refractivity contribution in [2.75, 3.05) is 32.8 Å². The second-order valence-corrected chi connectivity index (χ2v) is 5.54. The van der Waals surface area contributed by atoms with Crippen LogP contribution < -0.4 is 5.32 Å². The Balaban J connectivity index is 2.51. The minimum Gasteiger partial charge on any atom is -0.396 e. The van der Waals surface area contributed by atoms with Crippen LogP contribution in [0.4, 0.5) is 17.6 Å². The fourth-order valence-electron chi connectivity index (χ4n) is 2.76. The van der Waals surface area contributed by atoms with Gasteiger partial charge in [-0.25, -0.2) is 4.39 Å². The maximum atomic E-state index is 14.4. The molecule has 0 saturated carbocycles. The van der Waals surface area contributed by atoms with Gasteiger partial charge in [0.2, 0.25) is 0 Å². The first-order valence-corrected chi connectivity index (χ1v) is 7.34. The molecular weight excluding hydrogens is 324 g/mol. The SMILES string of the molecule is OCC[C@H](c1c(C(F)(F)F)ccc(Cl)c1F)N1CCNCC1. The molecule has 1 heterocycles. The first-order chi connectivity index (χ1) is 10.4. The molecule has 1 aromatic carbocycles. The van der Waals surface area contributed by atoms with E-state index in [1.54, 1.807) is 4.90 Å². The van der Waals surface area contributed by atoms with Gasteiger partial charge < -0.3 is 10.4 Å². The minimum atomic E-state index is -4.68. The molecule has 2 N–H and O–H groups in total. The molecule has 1 aromatic rings. The predicted octanol–water partition coefficient (Wildman–Crippen LogP) is 2.83. The molecule has 1 aliphatic rings. The first kappa shape index (κ1) is 17.5. The van der Waals surface area contributed by atoms with Crippen molar-refractivity contribution in [3.8, 4) is 0 Å². The Morgan fingerprint density at radius 3 is 2.45 bits per heavy atom. The van der Waals surface area contributed by atoms with Crippen LogP contribution in [0, 0.1) is 5.82 Å². The van der Waals surface area contributed by atoms with Gasteiger partial charge in [0.05, 0.1) is 10.6 Å². The van der Waals surface area contributed by atoms with Crippen LogP contribution in [0.25, 0.3) is 0 Å². The topological polar surface area (TPSA) is 35.5 Å². The largest absolute Gasteiger partial charge is 0.416 e. The summed E-state index contributed by atoms with van der Waals surface area (Å²) in [6, 6.07) is 0.854. The maximum absolute atomic E-state index is 14.4. The second-order valence-electron chi connectivity index (χ2n) is 5.13. The Morgan fingerprint density at radius 2 is 1.91 bits per heavy atom. The third-order valence-electron chi connectivity index (χ3n) is 3.77. The summed E-state index contributed by atoms with van der Waals surface area (Å²) >= 11 is 5.68. The summed E-state index contributed by atoms with van der Waals surface area (Å²) < 4.78 is 54.0. The zero-order chi connectivity index (χ0) is 16.3. The Morgan fingerprint density at radius 1 is 1.27 bits per heavy atom. The second kappa shape index (κ2) is 7.12. The van der Waals surface area contributed by atoms with Gasteiger partial charge in [0, 0.05) is 44.4 Å². The van der Waals surface area contributed by atoms with E-state index >= 15 is 0 Å². The highest BCUT2D eigenvalue weighted by Crippen LogP contribution is 2.40. The number of piperazine rings is 1. The van der Waals surface area contributed by atoms with Gasteiger partial charge in [-0.2, -0.15) is 13.2 Å². The number of nitrogens with zero attached hydrogens (tertiary/aromatic N) is 1. The standard InChI is InChI=1S/C14H17ClF4N2O/c15-10-2-1-9(14(17,18)19)12(13(10)16)11(3-8-22)21-6-4-20-5-7-21/h1-2,11,20,22H,3-8H2/t11-/m1/s1. The average Bonchev–Trinajstić information content (AvgIpc) is 2.47. The Labute approximate surface area is 130 Å². The van der Waals surface area contributed by atoms with Gasteiger partial charge in [-0.3, -0.25) is 4.90 Å². The van der Waals surface area contributed by atoms with Crippen LogP contribution in [0.2, 0.25) is 5.02 Å². The molecule has 0 spiro atoms. The van der Waals surface area contributed by atoms with Crippen LogP contribution in [0.15, 0.2) is 12.1 Å². The number of hydrogen-bond donors (Lipinski definition) is 2. The van der Waals surface area contributed by atoms with Crippen molar-refractivity contribution < 1.29 is 22.7 Å².